The molecule has 0 spiro atoms. The molecule has 18 heteroatoms. The van der Waals surface area contributed by atoms with Crippen molar-refractivity contribution in [2.24, 2.45) is 28.9 Å². The van der Waals surface area contributed by atoms with Crippen LogP contribution in [0, 0.1) is 22.1 Å². The SMILES string of the molecule is CC(C)[C@H](NC(=O)[C@@H](N)CCCNC(=N)N)C(=O)N[C@@H](CCCNC(=N)N)C(=O)N[C@@H](CCCNC(=N)N)C(=O)O. The van der Waals surface area contributed by atoms with Gasteiger partial charge in [-0.25, -0.2) is 4.79 Å². The standard InChI is InChI=1S/C23H47N13O5/c1-12(2)16(36-17(37)13(24)6-3-9-31-21(25)26)19(39)34-14(7-4-10-32-22(27)28)18(38)35-15(20(40)41)8-5-11-33-23(29)30/h12-16H,3-11,24H2,1-2H3,(H,34,39)(H,35,38)(H,36,37)(H,40,41)(H4,25,26,31)(H4,27,28,32)(H4,29,30,33)/t13-,14-,15-,16-/m0/s1. The van der Waals surface area contributed by atoms with Crippen molar-refractivity contribution < 1.29 is 24.3 Å². The number of nitrogens with one attached hydrogen (secondary N) is 9. The van der Waals surface area contributed by atoms with E-state index >= 15 is 0 Å². The quantitative estimate of drug-likeness (QED) is 0.0373. The normalized spacial score (nSPS) is 13.6. The Morgan fingerprint density at radius 2 is 1.07 bits per heavy atom. The third-order valence-electron chi connectivity index (χ3n) is 5.81. The fraction of sp³-hybridized carbons (Fsp3) is 0.696. The van der Waals surface area contributed by atoms with Crippen LogP contribution in [0.5, 0.6) is 0 Å². The summed E-state index contributed by atoms with van der Waals surface area (Å²) in [4.78, 5) is 50.7. The van der Waals surface area contributed by atoms with Gasteiger partial charge in [0.2, 0.25) is 17.7 Å². The number of carbonyl (C=O) groups is 4. The summed E-state index contributed by atoms with van der Waals surface area (Å²) in [6.45, 7) is 4.22. The van der Waals surface area contributed by atoms with Crippen molar-refractivity contribution in [2.45, 2.75) is 76.5 Å². The molecule has 0 rings (SSSR count). The van der Waals surface area contributed by atoms with E-state index in [0.717, 1.165) is 0 Å². The fourth-order valence-electron chi connectivity index (χ4n) is 3.59. The number of guanidine groups is 3. The van der Waals surface area contributed by atoms with Crippen LogP contribution in [-0.2, 0) is 19.2 Å². The third kappa shape index (κ3) is 17.1. The summed E-state index contributed by atoms with van der Waals surface area (Å²) in [5.74, 6) is -4.35. The van der Waals surface area contributed by atoms with Gasteiger partial charge in [0.25, 0.3) is 0 Å². The number of hydrogen-bond donors (Lipinski definition) is 14. The summed E-state index contributed by atoms with van der Waals surface area (Å²) < 4.78 is 0. The zero-order valence-corrected chi connectivity index (χ0v) is 23.6. The van der Waals surface area contributed by atoms with Crippen LogP contribution in [0.1, 0.15) is 52.4 Å². The summed E-state index contributed by atoms with van der Waals surface area (Å²) >= 11 is 0. The second kappa shape index (κ2) is 19.7. The van der Waals surface area contributed by atoms with Gasteiger partial charge in [0, 0.05) is 19.6 Å². The van der Waals surface area contributed by atoms with Crippen LogP contribution in [0.4, 0.5) is 0 Å². The molecule has 0 bridgehead atoms. The lowest BCUT2D eigenvalue weighted by atomic mass is 10.0. The molecule has 0 saturated heterocycles. The van der Waals surface area contributed by atoms with Crippen molar-refractivity contribution in [3.63, 3.8) is 0 Å². The first-order chi connectivity index (χ1) is 19.1. The van der Waals surface area contributed by atoms with Crippen LogP contribution in [0.3, 0.4) is 0 Å². The molecule has 3 amide bonds. The molecular formula is C23H47N13O5. The van der Waals surface area contributed by atoms with Gasteiger partial charge >= 0.3 is 5.97 Å². The number of carboxylic acid groups (broad SMARTS) is 1. The largest absolute Gasteiger partial charge is 0.480 e. The molecule has 18 nitrogen and oxygen atoms in total. The molecule has 234 valence electrons. The molecule has 0 saturated carbocycles. The number of amides is 3. The van der Waals surface area contributed by atoms with Gasteiger partial charge in [-0.3, -0.25) is 30.6 Å². The highest BCUT2D eigenvalue weighted by Gasteiger charge is 2.31. The van der Waals surface area contributed by atoms with E-state index in [2.05, 4.69) is 31.9 Å². The maximum atomic E-state index is 13.2. The minimum atomic E-state index is -1.27. The van der Waals surface area contributed by atoms with Crippen LogP contribution < -0.4 is 54.8 Å². The average molecular weight is 586 g/mol. The molecule has 0 aliphatic carbocycles. The molecule has 0 aromatic carbocycles. The van der Waals surface area contributed by atoms with E-state index < -0.39 is 47.9 Å². The van der Waals surface area contributed by atoms with E-state index in [0.29, 0.717) is 25.8 Å². The molecule has 41 heavy (non-hydrogen) atoms. The zero-order chi connectivity index (χ0) is 31.5. The highest BCUT2D eigenvalue weighted by molar-refractivity contribution is 5.94. The number of carboxylic acids is 1. The maximum Gasteiger partial charge on any atom is 0.326 e. The van der Waals surface area contributed by atoms with Crippen molar-refractivity contribution in [1.82, 2.24) is 31.9 Å². The summed E-state index contributed by atoms with van der Waals surface area (Å²) in [5, 5.41) is 46.5. The van der Waals surface area contributed by atoms with Crippen molar-refractivity contribution in [3.8, 4) is 0 Å². The second-order valence-corrected chi connectivity index (χ2v) is 9.75. The first-order valence-corrected chi connectivity index (χ1v) is 13.3. The molecule has 0 radical (unpaired) electrons. The predicted octanol–water partition coefficient (Wildman–Crippen LogP) is -3.70. The van der Waals surface area contributed by atoms with E-state index in [-0.39, 0.29) is 56.1 Å². The van der Waals surface area contributed by atoms with Crippen molar-refractivity contribution >= 4 is 41.6 Å². The lowest BCUT2D eigenvalue weighted by Gasteiger charge is -2.27. The maximum absolute atomic E-state index is 13.2. The Labute approximate surface area is 239 Å². The number of carbonyl (C=O) groups excluding carboxylic acids is 3. The average Bonchev–Trinajstić information content (AvgIpc) is 2.87. The smallest absolute Gasteiger partial charge is 0.326 e. The van der Waals surface area contributed by atoms with Gasteiger partial charge in [-0.15, -0.1) is 0 Å². The number of rotatable bonds is 20. The lowest BCUT2D eigenvalue weighted by Crippen LogP contribution is -2.58. The van der Waals surface area contributed by atoms with Gasteiger partial charge < -0.3 is 59.9 Å². The van der Waals surface area contributed by atoms with Gasteiger partial charge in [-0.05, 0) is 44.4 Å². The number of hydrogen-bond acceptors (Lipinski definition) is 8. The predicted molar refractivity (Wildman–Crippen MR) is 154 cm³/mol. The molecule has 4 atom stereocenters. The highest BCUT2D eigenvalue weighted by atomic mass is 16.4. The minimum Gasteiger partial charge on any atom is -0.480 e. The second-order valence-electron chi connectivity index (χ2n) is 9.75. The minimum absolute atomic E-state index is 0.0401. The Morgan fingerprint density at radius 3 is 1.49 bits per heavy atom. The van der Waals surface area contributed by atoms with Gasteiger partial charge in [0.1, 0.15) is 18.1 Å². The van der Waals surface area contributed by atoms with E-state index in [9.17, 15) is 24.3 Å². The zero-order valence-electron chi connectivity index (χ0n) is 23.6. The molecule has 0 aliphatic heterocycles. The Bertz CT molecular complexity index is 914. The Balaban J connectivity index is 5.43. The molecule has 0 heterocycles. The van der Waals surface area contributed by atoms with Crippen molar-refractivity contribution in [1.29, 1.82) is 16.2 Å². The first-order valence-electron chi connectivity index (χ1n) is 13.3. The highest BCUT2D eigenvalue weighted by Crippen LogP contribution is 2.07. The lowest BCUT2D eigenvalue weighted by molar-refractivity contribution is -0.142. The molecule has 0 aromatic heterocycles. The summed E-state index contributed by atoms with van der Waals surface area (Å²) in [7, 11) is 0. The monoisotopic (exact) mass is 585 g/mol. The van der Waals surface area contributed by atoms with Crippen LogP contribution in [0.15, 0.2) is 0 Å². The fourth-order valence-corrected chi connectivity index (χ4v) is 3.59. The summed E-state index contributed by atoms with van der Waals surface area (Å²) in [5.41, 5.74) is 21.7. The summed E-state index contributed by atoms with van der Waals surface area (Å²) in [6.07, 6.45) is 1.44. The first kappa shape index (κ1) is 36.6. The van der Waals surface area contributed by atoms with Crippen LogP contribution >= 0.6 is 0 Å². The number of aliphatic carboxylic acids is 1. The van der Waals surface area contributed by atoms with Gasteiger partial charge in [-0.2, -0.15) is 0 Å². The number of nitrogens with two attached hydrogens (primary N) is 4. The van der Waals surface area contributed by atoms with Crippen LogP contribution in [0.25, 0.3) is 0 Å². The topological polar surface area (TPSA) is 336 Å². The van der Waals surface area contributed by atoms with Crippen LogP contribution in [-0.4, -0.2) is 90.5 Å². The van der Waals surface area contributed by atoms with Crippen molar-refractivity contribution in [2.75, 3.05) is 19.6 Å². The van der Waals surface area contributed by atoms with Gasteiger partial charge in [-0.1, -0.05) is 13.8 Å². The summed E-state index contributed by atoms with van der Waals surface area (Å²) in [6, 6.07) is -4.38. The van der Waals surface area contributed by atoms with Crippen LogP contribution in [0.2, 0.25) is 0 Å². The molecule has 0 fully saturated rings. The molecule has 0 unspecified atom stereocenters. The molecule has 0 aliphatic rings. The van der Waals surface area contributed by atoms with E-state index in [1.54, 1.807) is 13.8 Å². The molecular weight excluding hydrogens is 538 g/mol. The molecule has 18 N–H and O–H groups in total. The van der Waals surface area contributed by atoms with E-state index in [4.69, 9.17) is 39.2 Å². The third-order valence-corrected chi connectivity index (χ3v) is 5.81. The van der Waals surface area contributed by atoms with E-state index in [1.165, 1.54) is 0 Å². The van der Waals surface area contributed by atoms with Crippen molar-refractivity contribution in [3.05, 3.63) is 0 Å². The Hall–Kier alpha value is -4.35. The Morgan fingerprint density at radius 1 is 0.659 bits per heavy atom. The van der Waals surface area contributed by atoms with Gasteiger partial charge in [0.15, 0.2) is 17.9 Å². The van der Waals surface area contributed by atoms with E-state index in [1.807, 2.05) is 0 Å². The van der Waals surface area contributed by atoms with Gasteiger partial charge in [0.05, 0.1) is 6.04 Å². The Kier molecular flexibility index (Phi) is 17.6. The molecule has 0 aromatic rings.